The van der Waals surface area contributed by atoms with Gasteiger partial charge in [0.1, 0.15) is 11.3 Å². The molecule has 6 heteroatoms. The Hall–Kier alpha value is -3.41. The van der Waals surface area contributed by atoms with Gasteiger partial charge in [0.25, 0.3) is 5.91 Å². The van der Waals surface area contributed by atoms with E-state index in [0.29, 0.717) is 22.8 Å². The highest BCUT2D eigenvalue weighted by Gasteiger charge is 2.51. The molecular weight excluding hydrogens is 368 g/mol. The van der Waals surface area contributed by atoms with Crippen molar-refractivity contribution in [1.29, 1.82) is 0 Å². The number of benzene rings is 2. The molecule has 0 bridgehead atoms. The van der Waals surface area contributed by atoms with E-state index < -0.39 is 17.5 Å². The fourth-order valence-electron chi connectivity index (χ4n) is 3.52. The lowest BCUT2D eigenvalue weighted by molar-refractivity contribution is -0.131. The molecule has 3 amide bonds. The van der Waals surface area contributed by atoms with Gasteiger partial charge in [-0.2, -0.15) is 0 Å². The number of nitrogens with one attached hydrogen (secondary N) is 1. The number of hydrogen-bond acceptors (Lipinski definition) is 4. The smallest absolute Gasteiger partial charge is 0.325 e. The molecule has 3 aromatic rings. The second-order valence-corrected chi connectivity index (χ2v) is 7.79. The Morgan fingerprint density at radius 2 is 1.79 bits per heavy atom. The van der Waals surface area contributed by atoms with Crippen molar-refractivity contribution in [3.8, 4) is 0 Å². The van der Waals surface area contributed by atoms with Gasteiger partial charge < -0.3 is 9.73 Å². The molecule has 2 heterocycles. The number of amides is 3. The van der Waals surface area contributed by atoms with Crippen LogP contribution >= 0.6 is 0 Å². The number of fused-ring (bicyclic) bond motifs is 1. The molecule has 1 aliphatic rings. The molecule has 4 rings (SSSR count). The quantitative estimate of drug-likeness (QED) is 0.523. The predicted molar refractivity (Wildman–Crippen MR) is 109 cm³/mol. The van der Waals surface area contributed by atoms with Crippen molar-refractivity contribution in [2.45, 2.75) is 32.2 Å². The lowest BCUT2D eigenvalue weighted by Crippen LogP contribution is -2.41. The maximum Gasteiger partial charge on any atom is 0.325 e. The molecule has 0 spiro atoms. The fourth-order valence-corrected chi connectivity index (χ4v) is 3.52. The number of nitrogens with zero attached hydrogens (tertiary/aromatic N) is 1. The summed E-state index contributed by atoms with van der Waals surface area (Å²) in [7, 11) is 0. The predicted octanol–water partition coefficient (Wildman–Crippen LogP) is 4.21. The number of furan rings is 1. The number of ketones is 1. The van der Waals surface area contributed by atoms with Crippen LogP contribution in [0.1, 0.15) is 48.4 Å². The second kappa shape index (κ2) is 6.88. The van der Waals surface area contributed by atoms with Crippen LogP contribution < -0.4 is 5.32 Å². The lowest BCUT2D eigenvalue weighted by Gasteiger charge is -2.18. The van der Waals surface area contributed by atoms with Crippen LogP contribution in [0.3, 0.4) is 0 Å². The monoisotopic (exact) mass is 390 g/mol. The van der Waals surface area contributed by atoms with Gasteiger partial charge >= 0.3 is 6.03 Å². The number of imide groups is 1. The molecule has 29 heavy (non-hydrogen) atoms. The number of hydrogen-bond donors (Lipinski definition) is 1. The van der Waals surface area contributed by atoms with Crippen molar-refractivity contribution in [3.63, 3.8) is 0 Å². The van der Waals surface area contributed by atoms with E-state index in [1.54, 1.807) is 31.2 Å². The molecule has 1 N–H and O–H groups in total. The fraction of sp³-hybridized carbons (Fsp3) is 0.261. The van der Waals surface area contributed by atoms with Crippen LogP contribution in [-0.4, -0.2) is 29.2 Å². The number of urea groups is 1. The van der Waals surface area contributed by atoms with Crippen LogP contribution in [0.2, 0.25) is 0 Å². The summed E-state index contributed by atoms with van der Waals surface area (Å²) in [5, 5.41) is 3.52. The van der Waals surface area contributed by atoms with Gasteiger partial charge in [0.15, 0.2) is 11.3 Å². The molecule has 1 saturated heterocycles. The van der Waals surface area contributed by atoms with Crippen molar-refractivity contribution >= 4 is 28.7 Å². The summed E-state index contributed by atoms with van der Waals surface area (Å²) in [6.07, 6.45) is 0. The Labute approximate surface area is 168 Å². The zero-order valence-corrected chi connectivity index (χ0v) is 16.6. The molecule has 0 aliphatic carbocycles. The lowest BCUT2D eigenvalue weighted by atomic mass is 9.98. The summed E-state index contributed by atoms with van der Waals surface area (Å²) in [6.45, 7) is 5.42. The molecule has 148 valence electrons. The highest BCUT2D eigenvalue weighted by Crippen LogP contribution is 2.33. The summed E-state index contributed by atoms with van der Waals surface area (Å²) in [6, 6.07) is 15.7. The molecule has 1 unspecified atom stereocenters. The maximum atomic E-state index is 13.1. The van der Waals surface area contributed by atoms with Crippen molar-refractivity contribution in [1.82, 2.24) is 10.2 Å². The van der Waals surface area contributed by atoms with E-state index in [1.165, 1.54) is 0 Å². The number of para-hydroxylation sites is 1. The standard InChI is InChI=1S/C23H22N2O4/c1-14(2)15-8-10-16(11-9-15)18(26)13-25-21(27)23(3,24-22(25)28)20-12-17-6-4-5-7-19(17)29-20/h4-12,14H,13H2,1-3H3,(H,24,28). The van der Waals surface area contributed by atoms with Gasteiger partial charge in [-0.05, 0) is 30.5 Å². The summed E-state index contributed by atoms with van der Waals surface area (Å²) < 4.78 is 5.80. The Kier molecular flexibility index (Phi) is 4.49. The number of rotatable bonds is 5. The SMILES string of the molecule is CC(C)c1ccc(C(=O)CN2C(=O)NC(C)(c3cc4ccccc4o3)C2=O)cc1. The summed E-state index contributed by atoms with van der Waals surface area (Å²) >= 11 is 0. The molecular formula is C23H22N2O4. The molecule has 2 aromatic carbocycles. The third kappa shape index (κ3) is 3.20. The molecule has 6 nitrogen and oxygen atoms in total. The Morgan fingerprint density at radius 3 is 2.45 bits per heavy atom. The number of carbonyl (C=O) groups is 3. The normalized spacial score (nSPS) is 19.2. The zero-order valence-electron chi connectivity index (χ0n) is 16.6. The number of Topliss-reactive ketones (excluding diaryl/α,β-unsaturated/α-hetero) is 1. The Bertz CT molecular complexity index is 1080. The first-order valence-electron chi connectivity index (χ1n) is 9.56. The minimum atomic E-state index is -1.35. The summed E-state index contributed by atoms with van der Waals surface area (Å²) in [5.41, 5.74) is 0.865. The van der Waals surface area contributed by atoms with Gasteiger partial charge in [-0.15, -0.1) is 0 Å². The first-order chi connectivity index (χ1) is 13.8. The van der Waals surface area contributed by atoms with E-state index in [1.807, 2.05) is 30.3 Å². The largest absolute Gasteiger partial charge is 0.458 e. The van der Waals surface area contributed by atoms with Crippen LogP contribution in [0.25, 0.3) is 11.0 Å². The van der Waals surface area contributed by atoms with Crippen molar-refractivity contribution in [3.05, 3.63) is 71.5 Å². The zero-order chi connectivity index (χ0) is 20.8. The first-order valence-corrected chi connectivity index (χ1v) is 9.56. The van der Waals surface area contributed by atoms with E-state index in [-0.39, 0.29) is 12.3 Å². The third-order valence-electron chi connectivity index (χ3n) is 5.39. The van der Waals surface area contributed by atoms with Gasteiger partial charge in [-0.3, -0.25) is 14.5 Å². The van der Waals surface area contributed by atoms with Crippen LogP contribution in [0.5, 0.6) is 0 Å². The highest BCUT2D eigenvalue weighted by atomic mass is 16.3. The molecule has 1 aliphatic heterocycles. The van der Waals surface area contributed by atoms with E-state index in [9.17, 15) is 14.4 Å². The van der Waals surface area contributed by atoms with Crippen LogP contribution in [0, 0.1) is 0 Å². The van der Waals surface area contributed by atoms with Crippen LogP contribution in [-0.2, 0) is 10.3 Å². The Balaban J connectivity index is 1.56. The van der Waals surface area contributed by atoms with Gasteiger partial charge in [0.05, 0.1) is 6.54 Å². The highest BCUT2D eigenvalue weighted by molar-refractivity contribution is 6.11. The van der Waals surface area contributed by atoms with E-state index in [4.69, 9.17) is 4.42 Å². The van der Waals surface area contributed by atoms with Crippen molar-refractivity contribution in [2.24, 2.45) is 0 Å². The summed E-state index contributed by atoms with van der Waals surface area (Å²) in [4.78, 5) is 39.2. The maximum absolute atomic E-state index is 13.1. The average Bonchev–Trinajstić information content (AvgIpc) is 3.24. The van der Waals surface area contributed by atoms with Crippen LogP contribution in [0.4, 0.5) is 4.79 Å². The third-order valence-corrected chi connectivity index (χ3v) is 5.39. The number of carbonyl (C=O) groups excluding carboxylic acids is 3. The average molecular weight is 390 g/mol. The van der Waals surface area contributed by atoms with E-state index in [0.717, 1.165) is 15.8 Å². The molecule has 1 fully saturated rings. The van der Waals surface area contributed by atoms with E-state index >= 15 is 0 Å². The van der Waals surface area contributed by atoms with Gasteiger partial charge in [-0.25, -0.2) is 4.79 Å². The van der Waals surface area contributed by atoms with Gasteiger partial charge in [0.2, 0.25) is 0 Å². The van der Waals surface area contributed by atoms with Crippen molar-refractivity contribution in [2.75, 3.05) is 6.54 Å². The second-order valence-electron chi connectivity index (χ2n) is 7.79. The minimum Gasteiger partial charge on any atom is -0.458 e. The minimum absolute atomic E-state index is 0.294. The first kappa shape index (κ1) is 18.9. The summed E-state index contributed by atoms with van der Waals surface area (Å²) in [5.74, 6) is -0.103. The molecule has 1 aromatic heterocycles. The van der Waals surface area contributed by atoms with E-state index in [2.05, 4.69) is 19.2 Å². The molecule has 1 atom stereocenters. The molecule has 0 radical (unpaired) electrons. The van der Waals surface area contributed by atoms with Crippen molar-refractivity contribution < 1.29 is 18.8 Å². The topological polar surface area (TPSA) is 79.6 Å². The Morgan fingerprint density at radius 1 is 1.10 bits per heavy atom. The van der Waals surface area contributed by atoms with Gasteiger partial charge in [-0.1, -0.05) is 56.3 Å². The van der Waals surface area contributed by atoms with Gasteiger partial charge in [0, 0.05) is 10.9 Å². The molecule has 0 saturated carbocycles. The van der Waals surface area contributed by atoms with Crippen LogP contribution in [0.15, 0.2) is 59.0 Å².